The van der Waals surface area contributed by atoms with Gasteiger partial charge in [0.2, 0.25) is 0 Å². The molecule has 0 spiro atoms. The number of benzene rings is 1. The smallest absolute Gasteiger partial charge is 0.0406 e. The van der Waals surface area contributed by atoms with Gasteiger partial charge in [-0.25, -0.2) is 0 Å². The quantitative estimate of drug-likeness (QED) is 0.711. The van der Waals surface area contributed by atoms with Gasteiger partial charge in [-0.3, -0.25) is 0 Å². The Bertz CT molecular complexity index is 294. The summed E-state index contributed by atoms with van der Waals surface area (Å²) in [6, 6.07) is 8.07. The van der Waals surface area contributed by atoms with Crippen LogP contribution in [0.2, 0.25) is 5.02 Å². The topological polar surface area (TPSA) is 12.0 Å². The highest BCUT2D eigenvalue weighted by molar-refractivity contribution is 6.30. The zero-order chi connectivity index (χ0) is 12.5. The lowest BCUT2D eigenvalue weighted by Crippen LogP contribution is -2.22. The normalized spacial score (nSPS) is 12.6. The van der Waals surface area contributed by atoms with Gasteiger partial charge in [-0.15, -0.1) is 0 Å². The van der Waals surface area contributed by atoms with Crippen molar-refractivity contribution in [1.29, 1.82) is 0 Å². The molecule has 17 heavy (non-hydrogen) atoms. The third-order valence-corrected chi connectivity index (χ3v) is 3.47. The lowest BCUT2D eigenvalue weighted by Gasteiger charge is -2.15. The molecular weight excluding hydrogens is 230 g/mol. The molecule has 0 aromatic heterocycles. The lowest BCUT2D eigenvalue weighted by molar-refractivity contribution is 0.419. The van der Waals surface area contributed by atoms with Gasteiger partial charge in [0.25, 0.3) is 0 Å². The SMILES string of the molecule is CCCCC(CC)CNCc1ccc(Cl)cc1. The third kappa shape index (κ3) is 6.09. The fourth-order valence-corrected chi connectivity index (χ4v) is 2.09. The predicted molar refractivity (Wildman–Crippen MR) is 76.5 cm³/mol. The van der Waals surface area contributed by atoms with Crippen molar-refractivity contribution < 1.29 is 0 Å². The Labute approximate surface area is 111 Å². The van der Waals surface area contributed by atoms with E-state index < -0.39 is 0 Å². The second kappa shape index (κ2) is 8.54. The summed E-state index contributed by atoms with van der Waals surface area (Å²) >= 11 is 5.86. The zero-order valence-electron chi connectivity index (χ0n) is 11.0. The molecule has 1 N–H and O–H groups in total. The van der Waals surface area contributed by atoms with E-state index in [-0.39, 0.29) is 0 Å². The van der Waals surface area contributed by atoms with Crippen LogP contribution in [-0.2, 0) is 6.54 Å². The summed E-state index contributed by atoms with van der Waals surface area (Å²) in [6.07, 6.45) is 5.27. The zero-order valence-corrected chi connectivity index (χ0v) is 11.8. The van der Waals surface area contributed by atoms with E-state index in [1.54, 1.807) is 0 Å². The molecule has 0 fully saturated rings. The Balaban J connectivity index is 2.23. The molecule has 0 aliphatic rings. The molecule has 0 aliphatic carbocycles. The number of nitrogens with one attached hydrogen (secondary N) is 1. The van der Waals surface area contributed by atoms with Crippen LogP contribution in [0.15, 0.2) is 24.3 Å². The van der Waals surface area contributed by atoms with E-state index in [0.29, 0.717) is 0 Å². The highest BCUT2D eigenvalue weighted by Gasteiger charge is 2.04. The first-order valence-electron chi connectivity index (χ1n) is 6.71. The Hall–Kier alpha value is -0.530. The minimum absolute atomic E-state index is 0.808. The van der Waals surface area contributed by atoms with E-state index in [1.165, 1.54) is 31.2 Å². The lowest BCUT2D eigenvalue weighted by atomic mass is 9.99. The predicted octanol–water partition coefficient (Wildman–Crippen LogP) is 4.65. The molecule has 0 saturated carbocycles. The van der Waals surface area contributed by atoms with Crippen LogP contribution in [-0.4, -0.2) is 6.54 Å². The molecule has 0 saturated heterocycles. The highest BCUT2D eigenvalue weighted by atomic mass is 35.5. The number of halogens is 1. The molecule has 96 valence electrons. The first kappa shape index (κ1) is 14.5. The van der Waals surface area contributed by atoms with E-state index in [2.05, 4.69) is 31.3 Å². The average Bonchev–Trinajstić information content (AvgIpc) is 2.36. The van der Waals surface area contributed by atoms with Gasteiger partial charge in [-0.2, -0.15) is 0 Å². The highest BCUT2D eigenvalue weighted by Crippen LogP contribution is 2.12. The van der Waals surface area contributed by atoms with Crippen molar-refractivity contribution >= 4 is 11.6 Å². The van der Waals surface area contributed by atoms with Crippen molar-refractivity contribution in [3.05, 3.63) is 34.9 Å². The standard InChI is InChI=1S/C15H24ClN/c1-3-5-6-13(4-2)11-17-12-14-7-9-15(16)10-8-14/h7-10,13,17H,3-6,11-12H2,1-2H3. The largest absolute Gasteiger partial charge is 0.312 e. The van der Waals surface area contributed by atoms with Crippen molar-refractivity contribution in [3.8, 4) is 0 Å². The van der Waals surface area contributed by atoms with Crippen LogP contribution in [0.5, 0.6) is 0 Å². The molecule has 0 bridgehead atoms. The van der Waals surface area contributed by atoms with Crippen LogP contribution in [0.3, 0.4) is 0 Å². The Kier molecular flexibility index (Phi) is 7.30. The van der Waals surface area contributed by atoms with Gasteiger partial charge in [0.15, 0.2) is 0 Å². The van der Waals surface area contributed by atoms with E-state index in [1.807, 2.05) is 12.1 Å². The van der Waals surface area contributed by atoms with Crippen molar-refractivity contribution in [1.82, 2.24) is 5.32 Å². The molecule has 2 heteroatoms. The van der Waals surface area contributed by atoms with Crippen LogP contribution in [0.4, 0.5) is 0 Å². The second-order valence-electron chi connectivity index (χ2n) is 4.67. The van der Waals surface area contributed by atoms with Crippen LogP contribution in [0.1, 0.15) is 45.1 Å². The maximum absolute atomic E-state index is 5.86. The Morgan fingerprint density at radius 3 is 2.47 bits per heavy atom. The van der Waals surface area contributed by atoms with Gasteiger partial charge in [-0.05, 0) is 36.6 Å². The average molecular weight is 254 g/mol. The van der Waals surface area contributed by atoms with Crippen LogP contribution >= 0.6 is 11.6 Å². The molecule has 1 aromatic carbocycles. The summed E-state index contributed by atoms with van der Waals surface area (Å²) in [6.45, 7) is 6.61. The fraction of sp³-hybridized carbons (Fsp3) is 0.600. The molecule has 1 atom stereocenters. The summed E-state index contributed by atoms with van der Waals surface area (Å²) in [7, 11) is 0. The molecule has 0 aliphatic heterocycles. The molecule has 1 rings (SSSR count). The van der Waals surface area contributed by atoms with Gasteiger partial charge in [0.05, 0.1) is 0 Å². The monoisotopic (exact) mass is 253 g/mol. The number of unbranched alkanes of at least 4 members (excludes halogenated alkanes) is 1. The van der Waals surface area contributed by atoms with Gasteiger partial charge in [0, 0.05) is 11.6 Å². The van der Waals surface area contributed by atoms with Gasteiger partial charge in [0.1, 0.15) is 0 Å². The van der Waals surface area contributed by atoms with Crippen molar-refractivity contribution in [3.63, 3.8) is 0 Å². The summed E-state index contributed by atoms with van der Waals surface area (Å²) in [5.41, 5.74) is 1.31. The molecule has 1 unspecified atom stereocenters. The maximum Gasteiger partial charge on any atom is 0.0406 e. The van der Waals surface area contributed by atoms with E-state index in [9.17, 15) is 0 Å². The fourth-order valence-electron chi connectivity index (χ4n) is 1.97. The van der Waals surface area contributed by atoms with E-state index in [0.717, 1.165) is 24.0 Å². The van der Waals surface area contributed by atoms with E-state index in [4.69, 9.17) is 11.6 Å². The van der Waals surface area contributed by atoms with Crippen molar-refractivity contribution in [2.45, 2.75) is 46.1 Å². The number of hydrogen-bond donors (Lipinski definition) is 1. The molecule has 0 radical (unpaired) electrons. The van der Waals surface area contributed by atoms with Gasteiger partial charge >= 0.3 is 0 Å². The minimum Gasteiger partial charge on any atom is -0.312 e. The summed E-state index contributed by atoms with van der Waals surface area (Å²) in [5, 5.41) is 4.35. The minimum atomic E-state index is 0.808. The first-order chi connectivity index (χ1) is 8.26. The van der Waals surface area contributed by atoms with Crippen molar-refractivity contribution in [2.24, 2.45) is 5.92 Å². The number of rotatable bonds is 8. The second-order valence-corrected chi connectivity index (χ2v) is 5.11. The molecule has 1 nitrogen and oxygen atoms in total. The van der Waals surface area contributed by atoms with Crippen LogP contribution < -0.4 is 5.32 Å². The summed E-state index contributed by atoms with van der Waals surface area (Å²) in [4.78, 5) is 0. The molecule has 0 heterocycles. The van der Waals surface area contributed by atoms with Gasteiger partial charge < -0.3 is 5.32 Å². The third-order valence-electron chi connectivity index (χ3n) is 3.22. The summed E-state index contributed by atoms with van der Waals surface area (Å²) < 4.78 is 0. The Morgan fingerprint density at radius 2 is 1.88 bits per heavy atom. The van der Waals surface area contributed by atoms with Crippen LogP contribution in [0, 0.1) is 5.92 Å². The van der Waals surface area contributed by atoms with E-state index >= 15 is 0 Å². The van der Waals surface area contributed by atoms with Gasteiger partial charge in [-0.1, -0.05) is 56.8 Å². The Morgan fingerprint density at radius 1 is 1.18 bits per heavy atom. The number of hydrogen-bond acceptors (Lipinski definition) is 1. The first-order valence-corrected chi connectivity index (χ1v) is 7.09. The molecule has 0 amide bonds. The van der Waals surface area contributed by atoms with Crippen LogP contribution in [0.25, 0.3) is 0 Å². The maximum atomic E-state index is 5.86. The molecule has 1 aromatic rings. The summed E-state index contributed by atoms with van der Waals surface area (Å²) in [5.74, 6) is 0.822. The van der Waals surface area contributed by atoms with Crippen molar-refractivity contribution in [2.75, 3.05) is 6.54 Å². The molecular formula is C15H24ClN.